The molecule has 0 aliphatic heterocycles. The molecule has 0 fully saturated rings. The van der Waals surface area contributed by atoms with E-state index in [9.17, 15) is 4.79 Å². The molecule has 3 aromatic heterocycles. The zero-order chi connectivity index (χ0) is 20.5. The smallest absolute Gasteiger partial charge is 0.224 e. The fourth-order valence-corrected chi connectivity index (χ4v) is 2.99. The molecule has 0 unspecified atom stereocenters. The quantitative estimate of drug-likeness (QED) is 0.749. The van der Waals surface area contributed by atoms with E-state index < -0.39 is 0 Å². The van der Waals surface area contributed by atoms with Crippen LogP contribution >= 0.6 is 0 Å². The number of hydrogen-bond acceptors (Lipinski definition) is 6. The number of hydrogen-bond donors (Lipinski definition) is 1. The predicted molar refractivity (Wildman–Crippen MR) is 105 cm³/mol. The molecule has 3 heterocycles. The molecular weight excluding hydrogens is 354 g/mol. The molecule has 0 bridgehead atoms. The summed E-state index contributed by atoms with van der Waals surface area (Å²) in [6.07, 6.45) is 5.58. The third-order valence-electron chi connectivity index (χ3n) is 4.54. The Bertz CT molecular complexity index is 1070. The number of anilines is 1. The van der Waals surface area contributed by atoms with Crippen molar-refractivity contribution in [2.45, 2.75) is 52.9 Å². The molecule has 0 aromatic carbocycles. The van der Waals surface area contributed by atoms with Gasteiger partial charge in [-0.05, 0) is 25.8 Å². The summed E-state index contributed by atoms with van der Waals surface area (Å²) < 4.78 is 1.65. The van der Waals surface area contributed by atoms with Crippen LogP contribution in [-0.4, -0.2) is 30.5 Å². The van der Waals surface area contributed by atoms with E-state index in [-0.39, 0.29) is 11.3 Å². The number of amides is 1. The highest BCUT2D eigenvalue weighted by atomic mass is 16.1. The summed E-state index contributed by atoms with van der Waals surface area (Å²) in [6.45, 7) is 9.91. The van der Waals surface area contributed by atoms with Gasteiger partial charge in [0.25, 0.3) is 0 Å². The molecule has 1 amide bonds. The van der Waals surface area contributed by atoms with Crippen LogP contribution in [0.4, 0.5) is 5.69 Å². The Morgan fingerprint density at radius 2 is 1.89 bits per heavy atom. The normalized spacial score (nSPS) is 11.4. The minimum absolute atomic E-state index is 0.121. The minimum Gasteiger partial charge on any atom is -0.323 e. The van der Waals surface area contributed by atoms with Gasteiger partial charge in [-0.3, -0.25) is 4.79 Å². The fourth-order valence-electron chi connectivity index (χ4n) is 2.99. The molecule has 3 aromatic rings. The third-order valence-corrected chi connectivity index (χ3v) is 4.54. The first kappa shape index (κ1) is 19.4. The maximum absolute atomic E-state index is 12.4. The Morgan fingerprint density at radius 3 is 2.50 bits per heavy atom. The van der Waals surface area contributed by atoms with E-state index in [1.54, 1.807) is 16.9 Å². The molecule has 8 nitrogen and oxygen atoms in total. The van der Waals surface area contributed by atoms with Crippen molar-refractivity contribution in [1.29, 1.82) is 5.26 Å². The summed E-state index contributed by atoms with van der Waals surface area (Å²) in [4.78, 5) is 25.5. The number of carbonyl (C=O) groups is 1. The largest absolute Gasteiger partial charge is 0.323 e. The van der Waals surface area contributed by atoms with Gasteiger partial charge in [-0.15, -0.1) is 0 Å². The summed E-state index contributed by atoms with van der Waals surface area (Å²) >= 11 is 0. The van der Waals surface area contributed by atoms with Gasteiger partial charge in [-0.2, -0.15) is 10.4 Å². The monoisotopic (exact) mass is 377 g/mol. The Hall–Kier alpha value is -3.34. The molecule has 0 atom stereocenters. The zero-order valence-electron chi connectivity index (χ0n) is 16.7. The number of nitrogens with one attached hydrogen (secondary N) is 1. The number of rotatable bonds is 4. The van der Waals surface area contributed by atoms with Gasteiger partial charge in [-0.1, -0.05) is 20.8 Å². The average molecular weight is 377 g/mol. The van der Waals surface area contributed by atoms with Crippen LogP contribution in [-0.2, 0) is 16.6 Å². The molecule has 0 saturated carbocycles. The lowest BCUT2D eigenvalue weighted by atomic mass is 9.96. The second-order valence-electron chi connectivity index (χ2n) is 7.76. The van der Waals surface area contributed by atoms with Crippen molar-refractivity contribution in [3.63, 3.8) is 0 Å². The van der Waals surface area contributed by atoms with Crippen molar-refractivity contribution in [2.75, 3.05) is 5.32 Å². The Morgan fingerprint density at radius 1 is 1.21 bits per heavy atom. The summed E-state index contributed by atoms with van der Waals surface area (Å²) in [7, 11) is 0. The molecule has 0 aliphatic rings. The minimum atomic E-state index is -0.138. The number of fused-ring (bicyclic) bond motifs is 1. The number of aryl methyl sites for hydroxylation is 2. The topological polar surface area (TPSA) is 109 Å². The van der Waals surface area contributed by atoms with E-state index in [0.717, 1.165) is 22.8 Å². The van der Waals surface area contributed by atoms with Gasteiger partial charge in [0, 0.05) is 23.2 Å². The molecule has 0 saturated heterocycles. The van der Waals surface area contributed by atoms with Crippen LogP contribution in [0.25, 0.3) is 5.65 Å². The van der Waals surface area contributed by atoms with E-state index in [2.05, 4.69) is 31.4 Å². The lowest BCUT2D eigenvalue weighted by Crippen LogP contribution is -2.18. The predicted octanol–water partition coefficient (Wildman–Crippen LogP) is 2.88. The van der Waals surface area contributed by atoms with Crippen LogP contribution < -0.4 is 5.32 Å². The molecule has 3 rings (SSSR count). The summed E-state index contributed by atoms with van der Waals surface area (Å²) in [5.41, 5.74) is 4.06. The summed E-state index contributed by atoms with van der Waals surface area (Å²) in [5, 5.41) is 16.2. The lowest BCUT2D eigenvalue weighted by Gasteiger charge is -2.16. The fraction of sp³-hybridized carbons (Fsp3) is 0.400. The molecule has 1 N–H and O–H groups in total. The van der Waals surface area contributed by atoms with E-state index in [1.165, 1.54) is 6.20 Å². The highest BCUT2D eigenvalue weighted by Gasteiger charge is 2.17. The second kappa shape index (κ2) is 7.35. The SMILES string of the molecule is Cc1nc2c(C#N)cnn2c(C)c1CCC(=O)Nc1cnc(C(C)(C)C)nc1. The van der Waals surface area contributed by atoms with Gasteiger partial charge in [-0.25, -0.2) is 19.5 Å². The van der Waals surface area contributed by atoms with Crippen molar-refractivity contribution in [2.24, 2.45) is 0 Å². The van der Waals surface area contributed by atoms with Crippen LogP contribution in [0.2, 0.25) is 0 Å². The van der Waals surface area contributed by atoms with E-state index in [0.29, 0.717) is 29.7 Å². The number of nitriles is 1. The third kappa shape index (κ3) is 3.83. The summed E-state index contributed by atoms with van der Waals surface area (Å²) in [5.74, 6) is 0.608. The van der Waals surface area contributed by atoms with Crippen LogP contribution in [0.5, 0.6) is 0 Å². The lowest BCUT2D eigenvalue weighted by molar-refractivity contribution is -0.116. The highest BCUT2D eigenvalue weighted by Crippen LogP contribution is 2.20. The summed E-state index contributed by atoms with van der Waals surface area (Å²) in [6, 6.07) is 2.09. The highest BCUT2D eigenvalue weighted by molar-refractivity contribution is 5.90. The van der Waals surface area contributed by atoms with E-state index in [4.69, 9.17) is 5.26 Å². The molecule has 0 aliphatic carbocycles. The van der Waals surface area contributed by atoms with Gasteiger partial charge in [0.1, 0.15) is 17.5 Å². The van der Waals surface area contributed by atoms with Gasteiger partial charge >= 0.3 is 0 Å². The Kier molecular flexibility index (Phi) is 5.10. The van der Waals surface area contributed by atoms with Crippen LogP contribution in [0.1, 0.15) is 55.5 Å². The maximum Gasteiger partial charge on any atom is 0.224 e. The molecule has 0 radical (unpaired) electrons. The van der Waals surface area contributed by atoms with Crippen LogP contribution in [0.15, 0.2) is 18.6 Å². The first-order chi connectivity index (χ1) is 13.2. The Labute approximate surface area is 163 Å². The van der Waals surface area contributed by atoms with E-state index >= 15 is 0 Å². The van der Waals surface area contributed by atoms with Crippen molar-refractivity contribution >= 4 is 17.2 Å². The van der Waals surface area contributed by atoms with Crippen molar-refractivity contribution in [3.05, 3.63) is 46.9 Å². The van der Waals surface area contributed by atoms with Crippen molar-refractivity contribution in [1.82, 2.24) is 24.6 Å². The van der Waals surface area contributed by atoms with Gasteiger partial charge in [0.2, 0.25) is 5.91 Å². The van der Waals surface area contributed by atoms with E-state index in [1.807, 2.05) is 34.6 Å². The first-order valence-electron chi connectivity index (χ1n) is 9.07. The molecular formula is C20H23N7O. The number of aromatic nitrogens is 5. The second-order valence-corrected chi connectivity index (χ2v) is 7.76. The number of carbonyl (C=O) groups excluding carboxylic acids is 1. The molecule has 0 spiro atoms. The van der Waals surface area contributed by atoms with Gasteiger partial charge < -0.3 is 5.32 Å². The molecule has 28 heavy (non-hydrogen) atoms. The Balaban J connectivity index is 1.70. The van der Waals surface area contributed by atoms with Crippen molar-refractivity contribution in [3.8, 4) is 6.07 Å². The van der Waals surface area contributed by atoms with Gasteiger partial charge in [0.05, 0.1) is 24.3 Å². The van der Waals surface area contributed by atoms with Gasteiger partial charge in [0.15, 0.2) is 5.65 Å². The first-order valence-corrected chi connectivity index (χ1v) is 9.07. The average Bonchev–Trinajstić information content (AvgIpc) is 3.04. The van der Waals surface area contributed by atoms with Crippen molar-refractivity contribution < 1.29 is 4.79 Å². The zero-order valence-corrected chi connectivity index (χ0v) is 16.7. The standard InChI is InChI=1S/C20H23N7O/c1-12-16(13(2)27-18(25-12)14(8-21)9-24-27)6-7-17(28)26-15-10-22-19(23-11-15)20(3,4)5/h9-11H,6-7H2,1-5H3,(H,26,28). The van der Waals surface area contributed by atoms with Crippen LogP contribution in [0, 0.1) is 25.2 Å². The van der Waals surface area contributed by atoms with Crippen LogP contribution in [0.3, 0.4) is 0 Å². The maximum atomic E-state index is 12.4. The molecule has 8 heteroatoms. The molecule has 144 valence electrons. The number of nitrogens with zero attached hydrogens (tertiary/aromatic N) is 6.